The van der Waals surface area contributed by atoms with E-state index in [4.69, 9.17) is 5.11 Å². The average molecular weight is 334 g/mol. The van der Waals surface area contributed by atoms with Gasteiger partial charge >= 0.3 is 5.97 Å². The standard InChI is InChI=1S/C12H10BrF2NO3/c13-7-1-2-9(14)8(5-7)10(17)16-4-3-12(15,6-16)11(18)19/h1-2,5H,3-4,6H2,(H,18,19). The van der Waals surface area contributed by atoms with E-state index in [-0.39, 0.29) is 18.5 Å². The van der Waals surface area contributed by atoms with Gasteiger partial charge in [0.05, 0.1) is 12.1 Å². The summed E-state index contributed by atoms with van der Waals surface area (Å²) in [6, 6.07) is 3.84. The van der Waals surface area contributed by atoms with Crippen molar-refractivity contribution in [2.24, 2.45) is 0 Å². The van der Waals surface area contributed by atoms with Gasteiger partial charge in [-0.15, -0.1) is 0 Å². The van der Waals surface area contributed by atoms with Gasteiger partial charge in [-0.3, -0.25) is 4.79 Å². The zero-order valence-corrected chi connectivity index (χ0v) is 11.3. The molecule has 19 heavy (non-hydrogen) atoms. The van der Waals surface area contributed by atoms with E-state index in [1.165, 1.54) is 12.1 Å². The summed E-state index contributed by atoms with van der Waals surface area (Å²) in [7, 11) is 0. The van der Waals surface area contributed by atoms with Gasteiger partial charge in [0, 0.05) is 17.4 Å². The van der Waals surface area contributed by atoms with Crippen LogP contribution in [0.1, 0.15) is 16.8 Å². The van der Waals surface area contributed by atoms with E-state index in [2.05, 4.69) is 15.9 Å². The lowest BCUT2D eigenvalue weighted by molar-refractivity contribution is -0.149. The zero-order chi connectivity index (χ0) is 14.2. The highest BCUT2D eigenvalue weighted by Gasteiger charge is 2.47. The number of rotatable bonds is 2. The number of hydrogen-bond acceptors (Lipinski definition) is 2. The molecule has 1 unspecified atom stereocenters. The number of likely N-dealkylation sites (tertiary alicyclic amines) is 1. The monoisotopic (exact) mass is 333 g/mol. The first-order valence-corrected chi connectivity index (χ1v) is 6.29. The molecule has 0 aromatic heterocycles. The molecule has 0 radical (unpaired) electrons. The fourth-order valence-electron chi connectivity index (χ4n) is 1.95. The fraction of sp³-hybridized carbons (Fsp3) is 0.333. The maximum atomic E-state index is 13.8. The van der Waals surface area contributed by atoms with Gasteiger partial charge < -0.3 is 10.0 Å². The van der Waals surface area contributed by atoms with Crippen LogP contribution in [0.15, 0.2) is 22.7 Å². The SMILES string of the molecule is O=C(c1cc(Br)ccc1F)N1CCC(F)(C(=O)O)C1. The van der Waals surface area contributed by atoms with Crippen molar-refractivity contribution in [3.63, 3.8) is 0 Å². The summed E-state index contributed by atoms with van der Waals surface area (Å²) in [5, 5.41) is 8.75. The first-order chi connectivity index (χ1) is 8.83. The molecule has 1 amide bonds. The molecular formula is C12H10BrF2NO3. The van der Waals surface area contributed by atoms with Gasteiger partial charge in [0.15, 0.2) is 0 Å². The van der Waals surface area contributed by atoms with E-state index in [0.29, 0.717) is 4.47 Å². The number of alkyl halides is 1. The fourth-order valence-corrected chi connectivity index (χ4v) is 2.31. The molecule has 0 spiro atoms. The van der Waals surface area contributed by atoms with Crippen LogP contribution >= 0.6 is 15.9 Å². The molecule has 0 aliphatic carbocycles. The van der Waals surface area contributed by atoms with Crippen LogP contribution in [-0.4, -0.2) is 40.6 Å². The zero-order valence-electron chi connectivity index (χ0n) is 9.70. The lowest BCUT2D eigenvalue weighted by Crippen LogP contribution is -2.39. The van der Waals surface area contributed by atoms with Crippen molar-refractivity contribution in [1.82, 2.24) is 4.90 Å². The number of benzene rings is 1. The second kappa shape index (κ2) is 4.88. The third kappa shape index (κ3) is 2.60. The van der Waals surface area contributed by atoms with Gasteiger partial charge in [0.1, 0.15) is 5.82 Å². The number of aliphatic carboxylic acids is 1. The predicted octanol–water partition coefficient (Wildman–Crippen LogP) is 2.23. The van der Waals surface area contributed by atoms with Crippen LogP contribution in [0.4, 0.5) is 8.78 Å². The summed E-state index contributed by atoms with van der Waals surface area (Å²) < 4.78 is 27.9. The van der Waals surface area contributed by atoms with Crippen molar-refractivity contribution >= 4 is 27.8 Å². The van der Waals surface area contributed by atoms with Crippen LogP contribution in [0.3, 0.4) is 0 Å². The number of nitrogens with zero attached hydrogens (tertiary/aromatic N) is 1. The van der Waals surface area contributed by atoms with Crippen molar-refractivity contribution in [3.8, 4) is 0 Å². The van der Waals surface area contributed by atoms with Crippen molar-refractivity contribution in [1.29, 1.82) is 0 Å². The molecule has 0 saturated carbocycles. The smallest absolute Gasteiger partial charge is 0.343 e. The molecule has 1 aliphatic heterocycles. The highest BCUT2D eigenvalue weighted by atomic mass is 79.9. The van der Waals surface area contributed by atoms with Crippen molar-refractivity contribution in [2.45, 2.75) is 12.1 Å². The number of hydrogen-bond donors (Lipinski definition) is 1. The van der Waals surface area contributed by atoms with Crippen LogP contribution < -0.4 is 0 Å². The van der Waals surface area contributed by atoms with Crippen LogP contribution in [0.2, 0.25) is 0 Å². The van der Waals surface area contributed by atoms with Crippen LogP contribution in [-0.2, 0) is 4.79 Å². The number of carboxylic acid groups (broad SMARTS) is 1. The van der Waals surface area contributed by atoms with Crippen molar-refractivity contribution in [3.05, 3.63) is 34.1 Å². The quantitative estimate of drug-likeness (QED) is 0.902. The van der Waals surface area contributed by atoms with Gasteiger partial charge in [0.2, 0.25) is 5.67 Å². The van der Waals surface area contributed by atoms with Crippen LogP contribution in [0.25, 0.3) is 0 Å². The maximum Gasteiger partial charge on any atom is 0.343 e. The summed E-state index contributed by atoms with van der Waals surface area (Å²) in [5.41, 5.74) is -2.65. The van der Waals surface area contributed by atoms with E-state index < -0.39 is 29.9 Å². The number of halogens is 3. The Morgan fingerprint density at radius 3 is 2.68 bits per heavy atom. The number of amides is 1. The Morgan fingerprint density at radius 1 is 1.42 bits per heavy atom. The summed E-state index contributed by atoms with van der Waals surface area (Å²) >= 11 is 3.11. The first-order valence-electron chi connectivity index (χ1n) is 5.50. The third-order valence-corrected chi connectivity index (χ3v) is 3.54. The lowest BCUT2D eigenvalue weighted by atomic mass is 10.1. The topological polar surface area (TPSA) is 57.6 Å². The summed E-state index contributed by atoms with van der Waals surface area (Å²) in [6.07, 6.45) is -0.288. The lowest BCUT2D eigenvalue weighted by Gasteiger charge is -2.18. The Morgan fingerprint density at radius 2 is 2.11 bits per heavy atom. The van der Waals surface area contributed by atoms with E-state index in [9.17, 15) is 18.4 Å². The van der Waals surface area contributed by atoms with E-state index in [1.54, 1.807) is 0 Å². The Balaban J connectivity index is 2.22. The molecular weight excluding hydrogens is 324 g/mol. The molecule has 1 N–H and O–H groups in total. The summed E-state index contributed by atoms with van der Waals surface area (Å²) in [5.74, 6) is -3.03. The molecule has 1 aromatic rings. The van der Waals surface area contributed by atoms with Crippen LogP contribution in [0, 0.1) is 5.82 Å². The molecule has 7 heteroatoms. The molecule has 1 fully saturated rings. The molecule has 102 valence electrons. The minimum Gasteiger partial charge on any atom is -0.479 e. The largest absolute Gasteiger partial charge is 0.479 e. The Labute approximate surface area is 116 Å². The van der Waals surface area contributed by atoms with Gasteiger partial charge in [-0.1, -0.05) is 15.9 Å². The molecule has 1 saturated heterocycles. The normalized spacial score (nSPS) is 22.6. The van der Waals surface area contributed by atoms with Gasteiger partial charge in [-0.2, -0.15) is 0 Å². The molecule has 4 nitrogen and oxygen atoms in total. The summed E-state index contributed by atoms with van der Waals surface area (Å²) in [6.45, 7) is -0.610. The molecule has 0 bridgehead atoms. The van der Waals surface area contributed by atoms with Crippen molar-refractivity contribution in [2.75, 3.05) is 13.1 Å². The second-order valence-electron chi connectivity index (χ2n) is 4.37. The summed E-state index contributed by atoms with van der Waals surface area (Å²) in [4.78, 5) is 23.8. The average Bonchev–Trinajstić information content (AvgIpc) is 2.76. The minimum atomic E-state index is -2.45. The van der Waals surface area contributed by atoms with E-state index >= 15 is 0 Å². The molecule has 2 rings (SSSR count). The first kappa shape index (κ1) is 13.9. The molecule has 1 heterocycles. The Bertz CT molecular complexity index is 552. The minimum absolute atomic E-state index is 0.0480. The Kier molecular flexibility index (Phi) is 3.58. The van der Waals surface area contributed by atoms with Crippen LogP contribution in [0.5, 0.6) is 0 Å². The highest BCUT2D eigenvalue weighted by Crippen LogP contribution is 2.28. The third-order valence-electron chi connectivity index (χ3n) is 3.05. The number of carbonyl (C=O) groups excluding carboxylic acids is 1. The van der Waals surface area contributed by atoms with Crippen molar-refractivity contribution < 1.29 is 23.5 Å². The molecule has 1 aromatic carbocycles. The van der Waals surface area contributed by atoms with Gasteiger partial charge in [0.25, 0.3) is 5.91 Å². The molecule has 1 atom stereocenters. The second-order valence-corrected chi connectivity index (χ2v) is 5.29. The van der Waals surface area contributed by atoms with Gasteiger partial charge in [-0.05, 0) is 18.2 Å². The number of carboxylic acids is 1. The van der Waals surface area contributed by atoms with E-state index in [1.807, 2.05) is 0 Å². The predicted molar refractivity (Wildman–Crippen MR) is 66.1 cm³/mol. The number of carbonyl (C=O) groups is 2. The maximum absolute atomic E-state index is 13.8. The highest BCUT2D eigenvalue weighted by molar-refractivity contribution is 9.10. The molecule has 1 aliphatic rings. The van der Waals surface area contributed by atoms with E-state index in [0.717, 1.165) is 11.0 Å². The Hall–Kier alpha value is -1.50. The van der Waals surface area contributed by atoms with Gasteiger partial charge in [-0.25, -0.2) is 13.6 Å².